The van der Waals surface area contributed by atoms with Crippen LogP contribution in [-0.2, 0) is 6.42 Å². The minimum absolute atomic E-state index is 0.163. The van der Waals surface area contributed by atoms with Crippen LogP contribution in [0.4, 0.5) is 4.39 Å². The third kappa shape index (κ3) is 3.59. The molecule has 0 bridgehead atoms. The maximum atomic E-state index is 13.3. The highest BCUT2D eigenvalue weighted by molar-refractivity contribution is 9.10. The number of pyridine rings is 1. The van der Waals surface area contributed by atoms with Crippen molar-refractivity contribution in [3.05, 3.63) is 63.6 Å². The van der Waals surface area contributed by atoms with Crippen molar-refractivity contribution >= 4 is 15.9 Å². The quantitative estimate of drug-likeness (QED) is 0.671. The van der Waals surface area contributed by atoms with Crippen molar-refractivity contribution in [2.45, 2.75) is 19.4 Å². The smallest absolute Gasteiger partial charge is 0.123 e. The third-order valence-electron chi connectivity index (χ3n) is 3.02. The van der Waals surface area contributed by atoms with Crippen molar-refractivity contribution in [2.75, 3.05) is 0 Å². The SMILES string of the molecule is Cc1ccc(F)cc1C(Cc1ccc(Br)cn1)NN. The summed E-state index contributed by atoms with van der Waals surface area (Å²) in [5.74, 6) is 5.33. The highest BCUT2D eigenvalue weighted by Crippen LogP contribution is 2.22. The fourth-order valence-electron chi connectivity index (χ4n) is 1.98. The van der Waals surface area contributed by atoms with Gasteiger partial charge in [-0.2, -0.15) is 0 Å². The van der Waals surface area contributed by atoms with E-state index < -0.39 is 0 Å². The van der Waals surface area contributed by atoms with Crippen LogP contribution in [0.15, 0.2) is 41.0 Å². The lowest BCUT2D eigenvalue weighted by Gasteiger charge is -2.18. The molecule has 1 heterocycles. The van der Waals surface area contributed by atoms with Gasteiger partial charge in [-0.1, -0.05) is 6.07 Å². The number of aromatic nitrogens is 1. The number of hydrazine groups is 1. The molecule has 0 saturated carbocycles. The zero-order valence-corrected chi connectivity index (χ0v) is 12.1. The number of nitrogens with two attached hydrogens (primary N) is 1. The lowest BCUT2D eigenvalue weighted by Crippen LogP contribution is -2.30. The van der Waals surface area contributed by atoms with E-state index in [1.807, 2.05) is 19.1 Å². The van der Waals surface area contributed by atoms with Crippen LogP contribution in [0.3, 0.4) is 0 Å². The average molecular weight is 324 g/mol. The molecule has 0 aliphatic rings. The molecule has 0 aliphatic carbocycles. The molecule has 0 fully saturated rings. The molecule has 100 valence electrons. The Bertz CT molecular complexity index is 557. The van der Waals surface area contributed by atoms with Crippen molar-refractivity contribution in [2.24, 2.45) is 5.84 Å². The van der Waals surface area contributed by atoms with Crippen LogP contribution in [0.2, 0.25) is 0 Å². The lowest BCUT2D eigenvalue weighted by atomic mass is 9.97. The number of hydrogen-bond acceptors (Lipinski definition) is 3. The van der Waals surface area contributed by atoms with Gasteiger partial charge in [-0.3, -0.25) is 16.3 Å². The summed E-state index contributed by atoms with van der Waals surface area (Å²) in [5, 5.41) is 0. The van der Waals surface area contributed by atoms with Gasteiger partial charge >= 0.3 is 0 Å². The first-order valence-electron chi connectivity index (χ1n) is 5.92. The van der Waals surface area contributed by atoms with E-state index in [-0.39, 0.29) is 11.9 Å². The molecule has 5 heteroatoms. The topological polar surface area (TPSA) is 50.9 Å². The minimum Gasteiger partial charge on any atom is -0.271 e. The van der Waals surface area contributed by atoms with Crippen molar-refractivity contribution in [3.63, 3.8) is 0 Å². The van der Waals surface area contributed by atoms with Crippen molar-refractivity contribution < 1.29 is 4.39 Å². The number of rotatable bonds is 4. The first kappa shape index (κ1) is 14.1. The first-order chi connectivity index (χ1) is 9.10. The predicted molar refractivity (Wildman–Crippen MR) is 76.8 cm³/mol. The summed E-state index contributed by atoms with van der Waals surface area (Å²) < 4.78 is 14.3. The van der Waals surface area contributed by atoms with Crippen LogP contribution in [0.25, 0.3) is 0 Å². The molecule has 2 rings (SSSR count). The molecule has 3 nitrogen and oxygen atoms in total. The Balaban J connectivity index is 2.24. The molecular formula is C14H15BrFN3. The largest absolute Gasteiger partial charge is 0.271 e. The number of benzene rings is 1. The Labute approximate surface area is 120 Å². The molecule has 0 amide bonds. The second-order valence-corrected chi connectivity index (χ2v) is 5.31. The van der Waals surface area contributed by atoms with E-state index in [1.54, 1.807) is 12.3 Å². The van der Waals surface area contributed by atoms with E-state index in [0.717, 1.165) is 21.3 Å². The number of nitrogens with zero attached hydrogens (tertiary/aromatic N) is 1. The number of hydrogen-bond donors (Lipinski definition) is 2. The summed E-state index contributed by atoms with van der Waals surface area (Å²) in [6.07, 6.45) is 2.34. The van der Waals surface area contributed by atoms with Gasteiger partial charge in [0.25, 0.3) is 0 Å². The molecule has 0 aliphatic heterocycles. The van der Waals surface area contributed by atoms with E-state index in [9.17, 15) is 4.39 Å². The first-order valence-corrected chi connectivity index (χ1v) is 6.72. The fraction of sp³-hybridized carbons (Fsp3) is 0.214. The van der Waals surface area contributed by atoms with E-state index in [0.29, 0.717) is 6.42 Å². The zero-order valence-electron chi connectivity index (χ0n) is 10.5. The summed E-state index contributed by atoms with van der Waals surface area (Å²) in [5.41, 5.74) is 5.48. The molecule has 0 spiro atoms. The highest BCUT2D eigenvalue weighted by Gasteiger charge is 2.14. The second kappa shape index (κ2) is 6.23. The Morgan fingerprint density at radius 2 is 2.16 bits per heavy atom. The van der Waals surface area contributed by atoms with Gasteiger partial charge in [0.15, 0.2) is 0 Å². The normalized spacial score (nSPS) is 12.4. The van der Waals surface area contributed by atoms with Gasteiger partial charge in [0.1, 0.15) is 5.82 Å². The van der Waals surface area contributed by atoms with Crippen LogP contribution in [-0.4, -0.2) is 4.98 Å². The van der Waals surface area contributed by atoms with Crippen molar-refractivity contribution in [1.82, 2.24) is 10.4 Å². The summed E-state index contributed by atoms with van der Waals surface area (Å²) in [4.78, 5) is 4.31. The number of nitrogens with one attached hydrogen (secondary N) is 1. The second-order valence-electron chi connectivity index (χ2n) is 4.39. The van der Waals surface area contributed by atoms with Crippen molar-refractivity contribution in [3.8, 4) is 0 Å². The maximum absolute atomic E-state index is 13.3. The van der Waals surface area contributed by atoms with Gasteiger partial charge in [-0.05, 0) is 58.2 Å². The number of aryl methyl sites for hydroxylation is 1. The molecule has 2 aromatic rings. The van der Waals surface area contributed by atoms with Crippen LogP contribution in [0, 0.1) is 12.7 Å². The molecule has 3 N–H and O–H groups in total. The van der Waals surface area contributed by atoms with E-state index in [4.69, 9.17) is 5.84 Å². The van der Waals surface area contributed by atoms with Gasteiger partial charge in [0.05, 0.1) is 6.04 Å². The lowest BCUT2D eigenvalue weighted by molar-refractivity contribution is 0.536. The summed E-state index contributed by atoms with van der Waals surface area (Å²) in [6.45, 7) is 1.94. The van der Waals surface area contributed by atoms with Crippen LogP contribution in [0.5, 0.6) is 0 Å². The van der Waals surface area contributed by atoms with Crippen molar-refractivity contribution in [1.29, 1.82) is 0 Å². The van der Waals surface area contributed by atoms with Gasteiger partial charge < -0.3 is 0 Å². The van der Waals surface area contributed by atoms with Gasteiger partial charge in [0.2, 0.25) is 0 Å². The molecular weight excluding hydrogens is 309 g/mol. The maximum Gasteiger partial charge on any atom is 0.123 e. The molecule has 1 aromatic carbocycles. The molecule has 0 radical (unpaired) electrons. The Morgan fingerprint density at radius 3 is 2.79 bits per heavy atom. The molecule has 19 heavy (non-hydrogen) atoms. The Morgan fingerprint density at radius 1 is 1.37 bits per heavy atom. The monoisotopic (exact) mass is 323 g/mol. The third-order valence-corrected chi connectivity index (χ3v) is 3.49. The van der Waals surface area contributed by atoms with Crippen LogP contribution in [0.1, 0.15) is 22.9 Å². The number of halogens is 2. The van der Waals surface area contributed by atoms with Crippen LogP contribution >= 0.6 is 15.9 Å². The molecule has 1 atom stereocenters. The highest BCUT2D eigenvalue weighted by atomic mass is 79.9. The molecule has 0 saturated heterocycles. The summed E-state index contributed by atoms with van der Waals surface area (Å²) in [7, 11) is 0. The van der Waals surface area contributed by atoms with Gasteiger partial charge in [0, 0.05) is 22.8 Å². The standard InChI is InChI=1S/C14H15BrFN3/c1-9-2-4-11(16)6-13(9)14(19-17)7-12-5-3-10(15)8-18-12/h2-6,8,14,19H,7,17H2,1H3. The van der Waals surface area contributed by atoms with Gasteiger partial charge in [-0.25, -0.2) is 4.39 Å². The average Bonchev–Trinajstić information content (AvgIpc) is 2.41. The van der Waals surface area contributed by atoms with Gasteiger partial charge in [-0.15, -0.1) is 0 Å². The fourth-order valence-corrected chi connectivity index (χ4v) is 2.22. The van der Waals surface area contributed by atoms with E-state index >= 15 is 0 Å². The zero-order chi connectivity index (χ0) is 13.8. The van der Waals surface area contributed by atoms with Crippen LogP contribution < -0.4 is 11.3 Å². The molecule has 1 aromatic heterocycles. The summed E-state index contributed by atoms with van der Waals surface area (Å²) in [6, 6.07) is 8.40. The minimum atomic E-state index is -0.260. The predicted octanol–water partition coefficient (Wildman–Crippen LogP) is 3.04. The summed E-state index contributed by atoms with van der Waals surface area (Å²) >= 11 is 3.34. The van der Waals surface area contributed by atoms with E-state index in [1.165, 1.54) is 12.1 Å². The molecule has 1 unspecified atom stereocenters. The van der Waals surface area contributed by atoms with E-state index in [2.05, 4.69) is 26.3 Å². The Hall–Kier alpha value is -1.30. The Kier molecular flexibility index (Phi) is 4.63.